The third-order valence-corrected chi connectivity index (χ3v) is 2.13. The van der Waals surface area contributed by atoms with E-state index in [0.717, 1.165) is 0 Å². The third-order valence-electron chi connectivity index (χ3n) is 2.13. The molecule has 76 valence electrons. The van der Waals surface area contributed by atoms with Gasteiger partial charge in [0, 0.05) is 5.56 Å². The lowest BCUT2D eigenvalue weighted by atomic mass is 9.95. The highest BCUT2D eigenvalue weighted by Crippen LogP contribution is 2.34. The molecule has 4 nitrogen and oxygen atoms in total. The van der Waals surface area contributed by atoms with E-state index in [-0.39, 0.29) is 17.1 Å². The number of aromatic hydroxyl groups is 2. The molecule has 0 amide bonds. The summed E-state index contributed by atoms with van der Waals surface area (Å²) in [5.41, 5.74) is 0.250. The average Bonchev–Trinajstić information content (AvgIpc) is 2.13. The van der Waals surface area contributed by atoms with Crippen LogP contribution in [0.2, 0.25) is 0 Å². The molecule has 0 aliphatic rings. The van der Waals surface area contributed by atoms with E-state index in [0.29, 0.717) is 6.42 Å². The van der Waals surface area contributed by atoms with Crippen LogP contribution in [0.25, 0.3) is 0 Å². The fourth-order valence-corrected chi connectivity index (χ4v) is 1.36. The summed E-state index contributed by atoms with van der Waals surface area (Å²) < 4.78 is 0. The van der Waals surface area contributed by atoms with E-state index in [1.807, 2.05) is 0 Å². The van der Waals surface area contributed by atoms with Crippen LogP contribution in [0.1, 0.15) is 24.8 Å². The molecule has 0 fully saturated rings. The number of carboxylic acid groups (broad SMARTS) is 1. The minimum atomic E-state index is -1.01. The normalized spacial score (nSPS) is 12.4. The molecule has 4 heteroatoms. The van der Waals surface area contributed by atoms with Crippen molar-refractivity contribution in [2.24, 2.45) is 0 Å². The second-order valence-electron chi connectivity index (χ2n) is 3.01. The first-order valence-electron chi connectivity index (χ1n) is 4.31. The topological polar surface area (TPSA) is 77.8 Å². The van der Waals surface area contributed by atoms with Gasteiger partial charge in [0.15, 0.2) is 11.5 Å². The minimum absolute atomic E-state index is 0.250. The number of carbonyl (C=O) groups is 1. The van der Waals surface area contributed by atoms with E-state index in [2.05, 4.69) is 0 Å². The molecule has 14 heavy (non-hydrogen) atoms. The summed E-state index contributed by atoms with van der Waals surface area (Å²) >= 11 is 0. The zero-order valence-electron chi connectivity index (χ0n) is 7.77. The van der Waals surface area contributed by atoms with Crippen molar-refractivity contribution in [1.82, 2.24) is 0 Å². The molecule has 0 aliphatic carbocycles. The Morgan fingerprint density at radius 2 is 2.07 bits per heavy atom. The Morgan fingerprint density at radius 3 is 2.57 bits per heavy atom. The van der Waals surface area contributed by atoms with Crippen LogP contribution < -0.4 is 0 Å². The highest BCUT2D eigenvalue weighted by molar-refractivity contribution is 5.77. The van der Waals surface area contributed by atoms with Crippen molar-refractivity contribution in [2.45, 2.75) is 19.3 Å². The Hall–Kier alpha value is -1.71. The number of rotatable bonds is 3. The maximum absolute atomic E-state index is 10.8. The van der Waals surface area contributed by atoms with Gasteiger partial charge in [-0.2, -0.15) is 0 Å². The first kappa shape index (κ1) is 10.4. The molecule has 1 unspecified atom stereocenters. The molecule has 0 radical (unpaired) electrons. The highest BCUT2D eigenvalue weighted by atomic mass is 16.4. The molecule has 0 spiro atoms. The zero-order chi connectivity index (χ0) is 10.7. The molecule has 3 N–H and O–H groups in total. The van der Waals surface area contributed by atoms with Gasteiger partial charge in [0.25, 0.3) is 0 Å². The van der Waals surface area contributed by atoms with Gasteiger partial charge >= 0.3 is 5.97 Å². The lowest BCUT2D eigenvalue weighted by Gasteiger charge is -2.12. The predicted molar refractivity (Wildman–Crippen MR) is 50.4 cm³/mol. The van der Waals surface area contributed by atoms with Gasteiger partial charge in [0.05, 0.1) is 5.92 Å². The lowest BCUT2D eigenvalue weighted by molar-refractivity contribution is -0.138. The predicted octanol–water partition coefficient (Wildman–Crippen LogP) is 1.68. The minimum Gasteiger partial charge on any atom is -0.504 e. The van der Waals surface area contributed by atoms with Gasteiger partial charge in [-0.15, -0.1) is 0 Å². The van der Waals surface area contributed by atoms with E-state index in [4.69, 9.17) is 5.11 Å². The van der Waals surface area contributed by atoms with Gasteiger partial charge in [-0.25, -0.2) is 0 Å². The molecule has 0 aliphatic heterocycles. The number of phenols is 2. The second-order valence-corrected chi connectivity index (χ2v) is 3.01. The number of benzene rings is 1. The van der Waals surface area contributed by atoms with Gasteiger partial charge < -0.3 is 15.3 Å². The number of para-hydroxylation sites is 1. The Labute approximate surface area is 81.4 Å². The van der Waals surface area contributed by atoms with Crippen LogP contribution in [0.4, 0.5) is 0 Å². The number of aliphatic carboxylic acids is 1. The number of carboxylic acids is 1. The van der Waals surface area contributed by atoms with E-state index in [9.17, 15) is 15.0 Å². The van der Waals surface area contributed by atoms with Crippen molar-refractivity contribution in [3.8, 4) is 11.5 Å². The van der Waals surface area contributed by atoms with Crippen LogP contribution in [0.15, 0.2) is 18.2 Å². The Kier molecular flexibility index (Phi) is 2.96. The fraction of sp³-hybridized carbons (Fsp3) is 0.300. The lowest BCUT2D eigenvalue weighted by Crippen LogP contribution is -2.10. The molecular formula is C10H12O4. The van der Waals surface area contributed by atoms with Crippen molar-refractivity contribution in [1.29, 1.82) is 0 Å². The van der Waals surface area contributed by atoms with Crippen molar-refractivity contribution in [2.75, 3.05) is 0 Å². The van der Waals surface area contributed by atoms with E-state index in [1.165, 1.54) is 18.2 Å². The summed E-state index contributed by atoms with van der Waals surface area (Å²) in [6.45, 7) is 1.71. The molecule has 1 rings (SSSR count). The third kappa shape index (κ3) is 1.79. The quantitative estimate of drug-likeness (QED) is 0.642. The van der Waals surface area contributed by atoms with Gasteiger partial charge in [-0.3, -0.25) is 4.79 Å². The largest absolute Gasteiger partial charge is 0.504 e. The van der Waals surface area contributed by atoms with Crippen molar-refractivity contribution in [3.05, 3.63) is 23.8 Å². The molecule has 0 heterocycles. The average molecular weight is 196 g/mol. The Bertz CT molecular complexity index is 346. The number of hydrogen-bond donors (Lipinski definition) is 3. The maximum Gasteiger partial charge on any atom is 0.311 e. The van der Waals surface area contributed by atoms with Crippen LogP contribution in [0.3, 0.4) is 0 Å². The summed E-state index contributed by atoms with van der Waals surface area (Å²) in [7, 11) is 0. The first-order chi connectivity index (χ1) is 6.57. The molecule has 1 aromatic carbocycles. The highest BCUT2D eigenvalue weighted by Gasteiger charge is 2.21. The Morgan fingerprint density at radius 1 is 1.43 bits per heavy atom. The molecular weight excluding hydrogens is 184 g/mol. The summed E-state index contributed by atoms with van der Waals surface area (Å²) in [5.74, 6) is -2.42. The van der Waals surface area contributed by atoms with Crippen molar-refractivity contribution >= 4 is 5.97 Å². The Balaban J connectivity index is 3.16. The molecule has 0 saturated carbocycles. The van der Waals surface area contributed by atoms with Gasteiger partial charge in [-0.1, -0.05) is 19.1 Å². The van der Waals surface area contributed by atoms with Gasteiger partial charge in [0.2, 0.25) is 0 Å². The summed E-state index contributed by atoms with van der Waals surface area (Å²) in [4.78, 5) is 10.8. The standard InChI is InChI=1S/C10H12O4/c1-2-6(10(13)14)7-4-3-5-8(11)9(7)12/h3-6,11-12H,2H2,1H3,(H,13,14). The first-order valence-corrected chi connectivity index (χ1v) is 4.31. The van der Waals surface area contributed by atoms with Crippen LogP contribution in [-0.4, -0.2) is 21.3 Å². The van der Waals surface area contributed by atoms with Gasteiger partial charge in [-0.05, 0) is 12.5 Å². The van der Waals surface area contributed by atoms with Crippen molar-refractivity contribution in [3.63, 3.8) is 0 Å². The summed E-state index contributed by atoms with van der Waals surface area (Å²) in [6, 6.07) is 4.32. The fourth-order valence-electron chi connectivity index (χ4n) is 1.36. The van der Waals surface area contributed by atoms with E-state index >= 15 is 0 Å². The SMILES string of the molecule is CCC(C(=O)O)c1cccc(O)c1O. The van der Waals surface area contributed by atoms with Crippen molar-refractivity contribution < 1.29 is 20.1 Å². The molecule has 0 aromatic heterocycles. The molecule has 1 aromatic rings. The molecule has 1 atom stereocenters. The molecule has 0 saturated heterocycles. The second kappa shape index (κ2) is 4.00. The zero-order valence-corrected chi connectivity index (χ0v) is 7.77. The van der Waals surface area contributed by atoms with Crippen LogP contribution in [-0.2, 0) is 4.79 Å². The maximum atomic E-state index is 10.8. The summed E-state index contributed by atoms with van der Waals surface area (Å²) in [5, 5.41) is 27.5. The monoisotopic (exact) mass is 196 g/mol. The molecule has 0 bridgehead atoms. The summed E-state index contributed by atoms with van der Waals surface area (Å²) in [6.07, 6.45) is 0.367. The van der Waals surface area contributed by atoms with Crippen LogP contribution >= 0.6 is 0 Å². The van der Waals surface area contributed by atoms with E-state index < -0.39 is 11.9 Å². The van der Waals surface area contributed by atoms with Crippen LogP contribution in [0, 0.1) is 0 Å². The van der Waals surface area contributed by atoms with Gasteiger partial charge in [0.1, 0.15) is 0 Å². The smallest absolute Gasteiger partial charge is 0.311 e. The van der Waals surface area contributed by atoms with Crippen LogP contribution in [0.5, 0.6) is 11.5 Å². The number of phenolic OH excluding ortho intramolecular Hbond substituents is 2. The number of hydrogen-bond acceptors (Lipinski definition) is 3. The van der Waals surface area contributed by atoms with E-state index in [1.54, 1.807) is 6.92 Å².